The highest BCUT2D eigenvalue weighted by Gasteiger charge is 2.27. The topological polar surface area (TPSA) is 58.0 Å². The van der Waals surface area contributed by atoms with Gasteiger partial charge < -0.3 is 10.4 Å². The van der Waals surface area contributed by atoms with Crippen molar-refractivity contribution in [3.05, 3.63) is 16.8 Å². The normalized spacial score (nSPS) is 23.1. The van der Waals surface area contributed by atoms with Crippen molar-refractivity contribution in [1.29, 1.82) is 0 Å². The van der Waals surface area contributed by atoms with Crippen LogP contribution in [-0.4, -0.2) is 27.7 Å². The van der Waals surface area contributed by atoms with Crippen LogP contribution in [0, 0.1) is 19.8 Å². The second-order valence-corrected chi connectivity index (χ2v) is 6.26. The Hall–Kier alpha value is -1.20. The predicted octanol–water partition coefficient (Wildman–Crippen LogP) is 2.49. The van der Waals surface area contributed by atoms with Gasteiger partial charge in [-0.3, -0.25) is 0 Å². The fourth-order valence-corrected chi connectivity index (χ4v) is 3.42. The fraction of sp³-hybridized carbons (Fsp3) is 0.538. The number of fused-ring (bicyclic) bond motifs is 1. The van der Waals surface area contributed by atoms with Crippen LogP contribution in [0.2, 0.25) is 0 Å². The maximum Gasteiger partial charge on any atom is 0.138 e. The fourth-order valence-electron chi connectivity index (χ4n) is 2.42. The van der Waals surface area contributed by atoms with Crippen LogP contribution in [-0.2, 0) is 0 Å². The number of nitrogens with zero attached hydrogens (tertiary/aromatic N) is 2. The molecule has 0 atom stereocenters. The Bertz CT molecular complexity index is 575. The molecule has 0 bridgehead atoms. The van der Waals surface area contributed by atoms with Gasteiger partial charge in [-0.2, -0.15) is 0 Å². The van der Waals surface area contributed by atoms with Crippen LogP contribution in [0.4, 0.5) is 5.82 Å². The Balaban J connectivity index is 1.83. The number of aryl methyl sites for hydroxylation is 2. The number of rotatable bonds is 3. The number of nitrogens with one attached hydrogen (secondary N) is 1. The van der Waals surface area contributed by atoms with Gasteiger partial charge in [0.15, 0.2) is 0 Å². The summed E-state index contributed by atoms with van der Waals surface area (Å²) in [5.41, 5.74) is 1.27. The Morgan fingerprint density at radius 3 is 2.89 bits per heavy atom. The average Bonchev–Trinajstić information content (AvgIpc) is 2.60. The molecule has 0 radical (unpaired) electrons. The zero-order valence-electron chi connectivity index (χ0n) is 10.6. The van der Waals surface area contributed by atoms with E-state index in [4.69, 9.17) is 0 Å². The van der Waals surface area contributed by atoms with Crippen molar-refractivity contribution < 1.29 is 5.11 Å². The Labute approximate surface area is 110 Å². The third-order valence-electron chi connectivity index (χ3n) is 3.73. The number of hydrogen-bond donors (Lipinski definition) is 2. The molecule has 4 nitrogen and oxygen atoms in total. The molecule has 1 aliphatic carbocycles. The van der Waals surface area contributed by atoms with Gasteiger partial charge in [0.25, 0.3) is 0 Å². The van der Waals surface area contributed by atoms with E-state index in [-0.39, 0.29) is 6.10 Å². The number of aromatic nitrogens is 2. The van der Waals surface area contributed by atoms with Gasteiger partial charge in [-0.05, 0) is 38.2 Å². The molecule has 18 heavy (non-hydrogen) atoms. The van der Waals surface area contributed by atoms with E-state index < -0.39 is 0 Å². The van der Waals surface area contributed by atoms with E-state index >= 15 is 0 Å². The van der Waals surface area contributed by atoms with Crippen molar-refractivity contribution in [2.75, 3.05) is 11.9 Å². The summed E-state index contributed by atoms with van der Waals surface area (Å²) in [6.07, 6.45) is 3.34. The summed E-state index contributed by atoms with van der Waals surface area (Å²) in [6, 6.07) is 0. The Kier molecular flexibility index (Phi) is 2.95. The van der Waals surface area contributed by atoms with Crippen LogP contribution in [0.3, 0.4) is 0 Å². The molecule has 3 rings (SSSR count). The summed E-state index contributed by atoms with van der Waals surface area (Å²) in [4.78, 5) is 11.0. The number of hydrogen-bond acceptors (Lipinski definition) is 5. The molecule has 0 amide bonds. The Morgan fingerprint density at radius 2 is 2.17 bits per heavy atom. The zero-order valence-corrected chi connectivity index (χ0v) is 11.4. The summed E-state index contributed by atoms with van der Waals surface area (Å²) in [5.74, 6) is 1.51. The van der Waals surface area contributed by atoms with Crippen molar-refractivity contribution in [1.82, 2.24) is 9.97 Å². The first-order valence-electron chi connectivity index (χ1n) is 6.27. The molecular formula is C13H17N3OS. The minimum atomic E-state index is -0.0904. The molecule has 0 unspecified atom stereocenters. The van der Waals surface area contributed by atoms with Crippen LogP contribution in [0.1, 0.15) is 23.3 Å². The van der Waals surface area contributed by atoms with Crippen LogP contribution < -0.4 is 5.32 Å². The van der Waals surface area contributed by atoms with Gasteiger partial charge in [-0.1, -0.05) is 0 Å². The lowest BCUT2D eigenvalue weighted by Crippen LogP contribution is -2.33. The summed E-state index contributed by atoms with van der Waals surface area (Å²) < 4.78 is 0. The molecule has 1 saturated carbocycles. The first-order valence-corrected chi connectivity index (χ1v) is 7.09. The van der Waals surface area contributed by atoms with Gasteiger partial charge in [0.1, 0.15) is 17.0 Å². The number of aliphatic hydroxyl groups is 1. The molecule has 0 spiro atoms. The number of aliphatic hydroxyl groups excluding tert-OH is 1. The summed E-state index contributed by atoms with van der Waals surface area (Å²) in [7, 11) is 0. The van der Waals surface area contributed by atoms with Crippen molar-refractivity contribution in [3.8, 4) is 0 Å². The van der Waals surface area contributed by atoms with Crippen LogP contribution in [0.5, 0.6) is 0 Å². The molecule has 1 fully saturated rings. The lowest BCUT2D eigenvalue weighted by atomic mass is 9.82. The molecular weight excluding hydrogens is 246 g/mol. The summed E-state index contributed by atoms with van der Waals surface area (Å²) in [6.45, 7) is 5.13. The van der Waals surface area contributed by atoms with E-state index in [0.717, 1.165) is 35.4 Å². The second kappa shape index (κ2) is 4.48. The van der Waals surface area contributed by atoms with Gasteiger partial charge in [-0.25, -0.2) is 9.97 Å². The second-order valence-electron chi connectivity index (χ2n) is 5.06. The molecule has 0 aromatic carbocycles. The van der Waals surface area contributed by atoms with E-state index in [0.29, 0.717) is 5.92 Å². The zero-order chi connectivity index (χ0) is 12.7. The smallest absolute Gasteiger partial charge is 0.138 e. The van der Waals surface area contributed by atoms with E-state index in [9.17, 15) is 5.11 Å². The number of anilines is 1. The third kappa shape index (κ3) is 1.97. The molecule has 2 aromatic heterocycles. The van der Waals surface area contributed by atoms with E-state index in [2.05, 4.69) is 29.1 Å². The van der Waals surface area contributed by atoms with Crippen molar-refractivity contribution in [2.24, 2.45) is 5.92 Å². The molecule has 0 aliphatic heterocycles. The van der Waals surface area contributed by atoms with E-state index in [1.807, 2.05) is 0 Å². The molecule has 2 heterocycles. The first kappa shape index (κ1) is 11.9. The van der Waals surface area contributed by atoms with Gasteiger partial charge in [0, 0.05) is 11.4 Å². The van der Waals surface area contributed by atoms with Crippen molar-refractivity contribution >= 4 is 27.4 Å². The Morgan fingerprint density at radius 1 is 1.39 bits per heavy atom. The monoisotopic (exact) mass is 263 g/mol. The third-order valence-corrected chi connectivity index (χ3v) is 4.85. The molecule has 5 heteroatoms. The molecule has 2 N–H and O–H groups in total. The van der Waals surface area contributed by atoms with Crippen molar-refractivity contribution in [2.45, 2.75) is 32.8 Å². The molecule has 0 saturated heterocycles. The lowest BCUT2D eigenvalue weighted by molar-refractivity contribution is 0.0486. The molecule has 96 valence electrons. The van der Waals surface area contributed by atoms with Gasteiger partial charge in [0.2, 0.25) is 0 Å². The van der Waals surface area contributed by atoms with Gasteiger partial charge in [-0.15, -0.1) is 11.3 Å². The first-order chi connectivity index (χ1) is 8.65. The summed E-state index contributed by atoms with van der Waals surface area (Å²) >= 11 is 1.72. The minimum absolute atomic E-state index is 0.0904. The SMILES string of the molecule is Cc1sc2ncnc(NCC3CC(O)C3)c2c1C. The lowest BCUT2D eigenvalue weighted by Gasteiger charge is -2.31. The predicted molar refractivity (Wildman–Crippen MR) is 74.1 cm³/mol. The molecule has 1 aliphatic rings. The van der Waals surface area contributed by atoms with E-state index in [1.54, 1.807) is 17.7 Å². The maximum atomic E-state index is 9.28. The van der Waals surface area contributed by atoms with Gasteiger partial charge in [0.05, 0.1) is 11.5 Å². The van der Waals surface area contributed by atoms with Gasteiger partial charge >= 0.3 is 0 Å². The minimum Gasteiger partial charge on any atom is -0.393 e. The summed E-state index contributed by atoms with van der Waals surface area (Å²) in [5, 5.41) is 13.8. The van der Waals surface area contributed by atoms with Crippen LogP contribution >= 0.6 is 11.3 Å². The van der Waals surface area contributed by atoms with Crippen molar-refractivity contribution in [3.63, 3.8) is 0 Å². The van der Waals surface area contributed by atoms with E-state index in [1.165, 1.54) is 10.4 Å². The average molecular weight is 263 g/mol. The maximum absolute atomic E-state index is 9.28. The largest absolute Gasteiger partial charge is 0.393 e. The highest BCUT2D eigenvalue weighted by Crippen LogP contribution is 2.33. The number of thiophene rings is 1. The quantitative estimate of drug-likeness (QED) is 0.893. The van der Waals surface area contributed by atoms with Crippen LogP contribution in [0.25, 0.3) is 10.2 Å². The van der Waals surface area contributed by atoms with Crippen LogP contribution in [0.15, 0.2) is 6.33 Å². The standard InChI is InChI=1S/C13H17N3OS/c1-7-8(2)18-13-11(7)12(15-6-16-13)14-5-9-3-10(17)4-9/h6,9-10,17H,3-5H2,1-2H3,(H,14,15,16). The molecule has 2 aromatic rings. The highest BCUT2D eigenvalue weighted by atomic mass is 32.1. The highest BCUT2D eigenvalue weighted by molar-refractivity contribution is 7.18.